The molecule has 0 saturated carbocycles. The van der Waals surface area contributed by atoms with Crippen molar-refractivity contribution in [3.63, 3.8) is 0 Å². The van der Waals surface area contributed by atoms with Crippen LogP contribution in [0.5, 0.6) is 5.75 Å². The summed E-state index contributed by atoms with van der Waals surface area (Å²) in [6.45, 7) is 6.48. The lowest BCUT2D eigenvalue weighted by molar-refractivity contribution is -0.138. The minimum absolute atomic E-state index is 0.00888. The number of phenolic OH excluding ortho intramolecular Hbond substituents is 1. The summed E-state index contributed by atoms with van der Waals surface area (Å²) in [4.78, 5) is 40.2. The normalized spacial score (nSPS) is 18.2. The van der Waals surface area contributed by atoms with Crippen molar-refractivity contribution in [3.8, 4) is 11.8 Å². The zero-order valence-corrected chi connectivity index (χ0v) is 21.5. The second-order valence-electron chi connectivity index (χ2n) is 9.59. The topological polar surface area (TPSA) is 146 Å². The first-order chi connectivity index (χ1) is 18.1. The Morgan fingerprint density at radius 3 is 2.45 bits per heavy atom. The van der Waals surface area contributed by atoms with E-state index in [4.69, 9.17) is 5.11 Å². The minimum atomic E-state index is -0.865. The molecular formula is C28H29N5O5. The van der Waals surface area contributed by atoms with Crippen LogP contribution in [-0.4, -0.2) is 58.2 Å². The number of amides is 2. The molecule has 4 rings (SSSR count). The number of nitrogens with one attached hydrogen (secondary N) is 1. The molecule has 196 valence electrons. The molecule has 3 N–H and O–H groups in total. The van der Waals surface area contributed by atoms with E-state index >= 15 is 0 Å². The zero-order chi connectivity index (χ0) is 27.6. The highest BCUT2D eigenvalue weighted by Gasteiger charge is 2.38. The number of aromatic hydroxyl groups is 1. The molecule has 0 bridgehead atoms. The van der Waals surface area contributed by atoms with Gasteiger partial charge in [-0.1, -0.05) is 18.2 Å². The molecule has 0 radical (unpaired) electrons. The molecule has 1 saturated heterocycles. The summed E-state index contributed by atoms with van der Waals surface area (Å²) < 4.78 is 0. The molecule has 2 aromatic rings. The number of aliphatic carboxylic acids is 1. The fraction of sp³-hybridized carbons (Fsp3) is 0.321. The lowest BCUT2D eigenvalue weighted by atomic mass is 9.88. The van der Waals surface area contributed by atoms with Crippen molar-refractivity contribution in [2.24, 2.45) is 5.10 Å². The number of anilines is 2. The zero-order valence-electron chi connectivity index (χ0n) is 21.5. The van der Waals surface area contributed by atoms with Gasteiger partial charge in [-0.15, -0.1) is 0 Å². The lowest BCUT2D eigenvalue weighted by Crippen LogP contribution is -2.47. The molecule has 38 heavy (non-hydrogen) atoms. The number of nitriles is 1. The third kappa shape index (κ3) is 5.14. The molecule has 0 spiro atoms. The predicted molar refractivity (Wildman–Crippen MR) is 142 cm³/mol. The summed E-state index contributed by atoms with van der Waals surface area (Å²) in [5, 5.41) is 33.9. The largest absolute Gasteiger partial charge is 0.505 e. The first kappa shape index (κ1) is 26.6. The number of rotatable bonds is 6. The number of nitrogens with zero attached hydrogens (tertiary/aromatic N) is 4. The Balaban J connectivity index is 1.61. The Morgan fingerprint density at radius 1 is 1.11 bits per heavy atom. The second kappa shape index (κ2) is 10.9. The smallest absolute Gasteiger partial charge is 0.317 e. The number of carboxylic acid groups (broad SMARTS) is 1. The average molecular weight is 516 g/mol. The summed E-state index contributed by atoms with van der Waals surface area (Å²) in [5.74, 6) is -2.23. The second-order valence-corrected chi connectivity index (χ2v) is 9.59. The Hall–Kier alpha value is -4.49. The van der Waals surface area contributed by atoms with Crippen molar-refractivity contribution < 1.29 is 24.6 Å². The maximum absolute atomic E-state index is 13.4. The number of benzene rings is 2. The highest BCUT2D eigenvalue weighted by molar-refractivity contribution is 6.57. The van der Waals surface area contributed by atoms with Crippen LogP contribution >= 0.6 is 0 Å². The number of likely N-dealkylation sites (tertiary alicyclic amines) is 1. The monoisotopic (exact) mass is 515 g/mol. The van der Waals surface area contributed by atoms with E-state index < -0.39 is 17.8 Å². The van der Waals surface area contributed by atoms with E-state index in [1.54, 1.807) is 30.3 Å². The van der Waals surface area contributed by atoms with Gasteiger partial charge >= 0.3 is 5.97 Å². The van der Waals surface area contributed by atoms with E-state index in [9.17, 15) is 24.8 Å². The van der Waals surface area contributed by atoms with Crippen LogP contribution in [0.4, 0.5) is 11.4 Å². The number of hydrogen-bond acceptors (Lipinski definition) is 8. The van der Waals surface area contributed by atoms with Gasteiger partial charge < -0.3 is 10.2 Å². The van der Waals surface area contributed by atoms with Gasteiger partial charge in [-0.2, -0.15) is 10.4 Å². The fourth-order valence-corrected chi connectivity index (χ4v) is 4.80. The molecular weight excluding hydrogens is 486 g/mol. The van der Waals surface area contributed by atoms with Crippen molar-refractivity contribution in [2.45, 2.75) is 39.5 Å². The highest BCUT2D eigenvalue weighted by Crippen LogP contribution is 2.38. The van der Waals surface area contributed by atoms with E-state index in [0.717, 1.165) is 16.0 Å². The summed E-state index contributed by atoms with van der Waals surface area (Å²) in [6.07, 6.45) is 1.38. The summed E-state index contributed by atoms with van der Waals surface area (Å²) in [7, 11) is 0. The summed E-state index contributed by atoms with van der Waals surface area (Å²) >= 11 is 0. The van der Waals surface area contributed by atoms with Crippen LogP contribution in [0.15, 0.2) is 52.6 Å². The van der Waals surface area contributed by atoms with Gasteiger partial charge in [-0.25, -0.2) is 4.90 Å². The van der Waals surface area contributed by atoms with Crippen molar-refractivity contribution in [1.29, 1.82) is 5.26 Å². The van der Waals surface area contributed by atoms with E-state index in [2.05, 4.69) is 10.5 Å². The van der Waals surface area contributed by atoms with Crippen LogP contribution in [0, 0.1) is 25.2 Å². The number of phenols is 1. The van der Waals surface area contributed by atoms with Crippen LogP contribution in [0.2, 0.25) is 0 Å². The molecule has 1 fully saturated rings. The van der Waals surface area contributed by atoms with Gasteiger partial charge in [0.15, 0.2) is 5.71 Å². The third-order valence-electron chi connectivity index (χ3n) is 7.15. The Kier molecular flexibility index (Phi) is 7.60. The number of imide groups is 1. The quantitative estimate of drug-likeness (QED) is 0.301. The third-order valence-corrected chi connectivity index (χ3v) is 7.15. The molecule has 0 atom stereocenters. The van der Waals surface area contributed by atoms with E-state index in [0.29, 0.717) is 37.2 Å². The van der Waals surface area contributed by atoms with Gasteiger partial charge in [-0.3, -0.25) is 24.7 Å². The van der Waals surface area contributed by atoms with E-state index in [1.165, 1.54) is 6.92 Å². The summed E-state index contributed by atoms with van der Waals surface area (Å²) in [6, 6.07) is 12.2. The minimum Gasteiger partial charge on any atom is -0.505 e. The molecule has 2 aromatic carbocycles. The van der Waals surface area contributed by atoms with Gasteiger partial charge in [0.05, 0.1) is 17.9 Å². The van der Waals surface area contributed by atoms with Gasteiger partial charge in [0.25, 0.3) is 11.8 Å². The van der Waals surface area contributed by atoms with E-state index in [-0.39, 0.29) is 40.8 Å². The first-order valence-corrected chi connectivity index (χ1v) is 12.3. The maximum atomic E-state index is 13.4. The average Bonchev–Trinajstić information content (AvgIpc) is 2.87. The van der Waals surface area contributed by atoms with E-state index in [1.807, 2.05) is 30.9 Å². The number of hydrazone groups is 1. The van der Waals surface area contributed by atoms with Gasteiger partial charge in [0.1, 0.15) is 17.4 Å². The lowest BCUT2D eigenvalue weighted by Gasteiger charge is -2.31. The molecule has 2 amide bonds. The van der Waals surface area contributed by atoms with Crippen LogP contribution < -0.4 is 10.3 Å². The van der Waals surface area contributed by atoms with Crippen molar-refractivity contribution in [1.82, 2.24) is 4.90 Å². The van der Waals surface area contributed by atoms with Gasteiger partial charge in [-0.05, 0) is 87.5 Å². The van der Waals surface area contributed by atoms with Crippen molar-refractivity contribution >= 4 is 34.9 Å². The van der Waals surface area contributed by atoms with Crippen LogP contribution in [0.1, 0.15) is 42.4 Å². The summed E-state index contributed by atoms with van der Waals surface area (Å²) in [5.41, 5.74) is 5.82. The van der Waals surface area contributed by atoms with Gasteiger partial charge in [0, 0.05) is 5.57 Å². The number of carbonyl (C=O) groups excluding carboxylic acids is 2. The first-order valence-electron chi connectivity index (χ1n) is 12.3. The number of para-hydroxylation sites is 1. The number of carbonyl (C=O) groups is 3. The van der Waals surface area contributed by atoms with Crippen molar-refractivity contribution in [3.05, 3.63) is 64.2 Å². The standard InChI is InChI=1S/C28H29N5O5/c1-16-7-8-20(13-17(16)2)33-27(37)22(14-29)18(3)25(28(33)38)31-30-23-6-4-5-21(26(23)36)19-9-11-32(12-10-19)15-24(34)35/h4-8,13,19,30,36H,9-12,15H2,1-3H3,(H,34,35)/b31-25+. The molecule has 10 heteroatoms. The Labute approximate surface area is 220 Å². The van der Waals surface area contributed by atoms with Gasteiger partial charge in [0.2, 0.25) is 0 Å². The number of carboxylic acids is 1. The highest BCUT2D eigenvalue weighted by atomic mass is 16.4. The molecule has 0 aromatic heterocycles. The number of hydrogen-bond donors (Lipinski definition) is 3. The molecule has 0 unspecified atom stereocenters. The Bertz CT molecular complexity index is 1410. The van der Waals surface area contributed by atoms with Crippen LogP contribution in [0.25, 0.3) is 0 Å². The number of aryl methyl sites for hydroxylation is 2. The Morgan fingerprint density at radius 2 is 1.82 bits per heavy atom. The predicted octanol–water partition coefficient (Wildman–Crippen LogP) is 3.45. The molecule has 2 aliphatic heterocycles. The molecule has 2 aliphatic rings. The fourth-order valence-electron chi connectivity index (χ4n) is 4.80. The van der Waals surface area contributed by atoms with Crippen molar-refractivity contribution in [2.75, 3.05) is 30.0 Å². The SMILES string of the molecule is CC1=C(C#N)C(=O)N(c2ccc(C)c(C)c2)C(=O)/C1=N/Nc1cccc(C2CCN(CC(=O)O)CC2)c1O. The maximum Gasteiger partial charge on any atom is 0.317 e. The van der Waals surface area contributed by atoms with Crippen LogP contribution in [-0.2, 0) is 14.4 Å². The molecule has 0 aliphatic carbocycles. The van der Waals surface area contributed by atoms with Crippen LogP contribution in [0.3, 0.4) is 0 Å². The molecule has 2 heterocycles. The number of piperidine rings is 1. The molecule has 10 nitrogen and oxygen atoms in total.